The minimum absolute atomic E-state index is 0.0459. The molecule has 0 heterocycles. The Hall–Kier alpha value is -2.09. The fourth-order valence-electron chi connectivity index (χ4n) is 1.33. The number of benzene rings is 1. The second-order valence-corrected chi connectivity index (χ2v) is 3.73. The first kappa shape index (κ1) is 13.0. The van der Waals surface area contributed by atoms with Gasteiger partial charge < -0.3 is 10.4 Å². The van der Waals surface area contributed by atoms with Gasteiger partial charge in [0.1, 0.15) is 17.4 Å². The summed E-state index contributed by atoms with van der Waals surface area (Å²) in [5.41, 5.74) is 0.348. The van der Waals surface area contributed by atoms with E-state index in [1.165, 1.54) is 12.1 Å². The van der Waals surface area contributed by atoms with Crippen molar-refractivity contribution in [1.29, 1.82) is 5.26 Å². The monoisotopic (exact) mass is 236 g/mol. The Bertz CT molecular complexity index is 454. The highest BCUT2D eigenvalue weighted by Crippen LogP contribution is 2.17. The van der Waals surface area contributed by atoms with Crippen LogP contribution in [0.15, 0.2) is 18.2 Å². The molecular weight excluding hydrogens is 223 g/mol. The number of hydrogen-bond donors (Lipinski definition) is 2. The molecule has 0 aliphatic rings. The zero-order valence-electron chi connectivity index (χ0n) is 9.40. The summed E-state index contributed by atoms with van der Waals surface area (Å²) in [5.74, 6) is -1.92. The maximum atomic E-state index is 13.2. The average molecular weight is 236 g/mol. The molecular formula is C12H13FN2O2. The van der Waals surface area contributed by atoms with E-state index in [2.05, 4.69) is 5.32 Å². The number of nitriles is 1. The largest absolute Gasteiger partial charge is 0.481 e. The number of nitrogens with one attached hydrogen (secondary N) is 1. The molecule has 0 saturated carbocycles. The molecule has 90 valence electrons. The lowest BCUT2D eigenvalue weighted by molar-refractivity contribution is -0.141. The fourth-order valence-corrected chi connectivity index (χ4v) is 1.33. The molecule has 0 aromatic heterocycles. The van der Waals surface area contributed by atoms with E-state index in [-0.39, 0.29) is 5.56 Å². The molecule has 1 unspecified atom stereocenters. The normalized spacial score (nSPS) is 11.6. The molecule has 0 aliphatic heterocycles. The summed E-state index contributed by atoms with van der Waals surface area (Å²) in [6, 6.07) is 6.07. The molecule has 0 radical (unpaired) electrons. The molecule has 0 fully saturated rings. The van der Waals surface area contributed by atoms with Crippen LogP contribution in [0.4, 0.5) is 10.1 Å². The molecule has 1 rings (SSSR count). The number of carboxylic acids is 1. The Labute approximate surface area is 98.7 Å². The predicted molar refractivity (Wildman–Crippen MR) is 61.0 cm³/mol. The van der Waals surface area contributed by atoms with Crippen molar-refractivity contribution in [3.63, 3.8) is 0 Å². The molecule has 17 heavy (non-hydrogen) atoms. The van der Waals surface area contributed by atoms with E-state index in [1.54, 1.807) is 19.1 Å². The Morgan fingerprint density at radius 3 is 2.94 bits per heavy atom. The summed E-state index contributed by atoms with van der Waals surface area (Å²) < 4.78 is 13.2. The van der Waals surface area contributed by atoms with Gasteiger partial charge in [-0.1, -0.05) is 13.0 Å². The number of rotatable bonds is 5. The van der Waals surface area contributed by atoms with Crippen LogP contribution in [0.3, 0.4) is 0 Å². The van der Waals surface area contributed by atoms with E-state index < -0.39 is 17.7 Å². The third kappa shape index (κ3) is 3.45. The highest BCUT2D eigenvalue weighted by molar-refractivity contribution is 5.69. The van der Waals surface area contributed by atoms with Gasteiger partial charge in [-0.15, -0.1) is 0 Å². The lowest BCUT2D eigenvalue weighted by atomic mass is 10.1. The lowest BCUT2D eigenvalue weighted by Gasteiger charge is -2.10. The number of anilines is 1. The highest BCUT2D eigenvalue weighted by atomic mass is 19.1. The first-order chi connectivity index (χ1) is 8.06. The van der Waals surface area contributed by atoms with E-state index in [1.807, 2.05) is 0 Å². The van der Waals surface area contributed by atoms with Gasteiger partial charge in [0.25, 0.3) is 0 Å². The second-order valence-electron chi connectivity index (χ2n) is 3.73. The van der Waals surface area contributed by atoms with Gasteiger partial charge in [-0.25, -0.2) is 4.39 Å². The Morgan fingerprint density at radius 1 is 1.65 bits per heavy atom. The summed E-state index contributed by atoms with van der Waals surface area (Å²) >= 11 is 0. The van der Waals surface area contributed by atoms with E-state index in [0.717, 1.165) is 0 Å². The van der Waals surface area contributed by atoms with E-state index >= 15 is 0 Å². The molecule has 2 N–H and O–H groups in total. The van der Waals surface area contributed by atoms with Crippen LogP contribution in [-0.4, -0.2) is 17.6 Å². The minimum atomic E-state index is -0.869. The van der Waals surface area contributed by atoms with Crippen LogP contribution in [0.1, 0.15) is 18.9 Å². The van der Waals surface area contributed by atoms with Crippen molar-refractivity contribution >= 4 is 11.7 Å². The Kier molecular flexibility index (Phi) is 4.46. The zero-order chi connectivity index (χ0) is 12.8. The average Bonchev–Trinajstić information content (AvgIpc) is 2.29. The summed E-state index contributed by atoms with van der Waals surface area (Å²) in [5, 5.41) is 20.3. The first-order valence-corrected chi connectivity index (χ1v) is 5.21. The summed E-state index contributed by atoms with van der Waals surface area (Å²) in [7, 11) is 0. The van der Waals surface area contributed by atoms with Crippen LogP contribution in [0.5, 0.6) is 0 Å². The van der Waals surface area contributed by atoms with Crippen molar-refractivity contribution in [2.45, 2.75) is 13.3 Å². The van der Waals surface area contributed by atoms with Gasteiger partial charge in [-0.2, -0.15) is 5.26 Å². The molecule has 0 amide bonds. The summed E-state index contributed by atoms with van der Waals surface area (Å²) in [4.78, 5) is 10.6. The van der Waals surface area contributed by atoms with Gasteiger partial charge in [0.2, 0.25) is 0 Å². The topological polar surface area (TPSA) is 73.1 Å². The minimum Gasteiger partial charge on any atom is -0.481 e. The van der Waals surface area contributed by atoms with Crippen LogP contribution >= 0.6 is 0 Å². The van der Waals surface area contributed by atoms with Crippen LogP contribution < -0.4 is 5.32 Å². The van der Waals surface area contributed by atoms with Crippen LogP contribution in [0.2, 0.25) is 0 Å². The molecule has 1 aromatic carbocycles. The van der Waals surface area contributed by atoms with Crippen molar-refractivity contribution < 1.29 is 14.3 Å². The Balaban J connectivity index is 2.62. The van der Waals surface area contributed by atoms with E-state index in [0.29, 0.717) is 18.7 Å². The second kappa shape index (κ2) is 5.85. The molecule has 0 spiro atoms. The molecule has 0 saturated heterocycles. The number of carboxylic acid groups (broad SMARTS) is 1. The zero-order valence-corrected chi connectivity index (χ0v) is 9.40. The maximum Gasteiger partial charge on any atom is 0.306 e. The van der Waals surface area contributed by atoms with Crippen LogP contribution in [0.25, 0.3) is 0 Å². The van der Waals surface area contributed by atoms with Crippen molar-refractivity contribution in [3.05, 3.63) is 29.6 Å². The van der Waals surface area contributed by atoms with Crippen LogP contribution in [-0.2, 0) is 4.79 Å². The quantitative estimate of drug-likeness (QED) is 0.822. The molecule has 0 bridgehead atoms. The van der Waals surface area contributed by atoms with E-state index in [4.69, 9.17) is 10.4 Å². The summed E-state index contributed by atoms with van der Waals surface area (Å²) in [6.45, 7) is 1.98. The number of hydrogen-bond acceptors (Lipinski definition) is 3. The molecule has 4 nitrogen and oxygen atoms in total. The van der Waals surface area contributed by atoms with Gasteiger partial charge in [0.05, 0.1) is 11.6 Å². The summed E-state index contributed by atoms with van der Waals surface area (Å²) in [6.07, 6.45) is 0.413. The van der Waals surface area contributed by atoms with E-state index in [9.17, 15) is 9.18 Å². The van der Waals surface area contributed by atoms with Gasteiger partial charge >= 0.3 is 5.97 Å². The maximum absolute atomic E-state index is 13.2. The Morgan fingerprint density at radius 2 is 2.35 bits per heavy atom. The predicted octanol–water partition coefficient (Wildman–Crippen LogP) is 2.22. The van der Waals surface area contributed by atoms with Gasteiger partial charge in [0.15, 0.2) is 0 Å². The SMILES string of the molecule is CC(CCNc1cccc(F)c1C#N)C(=O)O. The van der Waals surface area contributed by atoms with Gasteiger partial charge in [-0.3, -0.25) is 4.79 Å². The van der Waals surface area contributed by atoms with Crippen molar-refractivity contribution in [2.75, 3.05) is 11.9 Å². The third-order valence-corrected chi connectivity index (χ3v) is 2.44. The fraction of sp³-hybridized carbons (Fsp3) is 0.333. The van der Waals surface area contributed by atoms with Crippen molar-refractivity contribution in [3.8, 4) is 6.07 Å². The van der Waals surface area contributed by atoms with Gasteiger partial charge in [0, 0.05) is 6.54 Å². The standard InChI is InChI=1S/C12H13FN2O2/c1-8(12(16)17)5-6-15-11-4-2-3-10(13)9(11)7-14/h2-4,8,15H,5-6H2,1H3,(H,16,17). The van der Waals surface area contributed by atoms with Crippen LogP contribution in [0, 0.1) is 23.1 Å². The lowest BCUT2D eigenvalue weighted by Crippen LogP contribution is -2.15. The number of nitrogens with zero attached hydrogens (tertiary/aromatic N) is 1. The number of carbonyl (C=O) groups is 1. The molecule has 5 heteroatoms. The highest BCUT2D eigenvalue weighted by Gasteiger charge is 2.11. The molecule has 1 atom stereocenters. The van der Waals surface area contributed by atoms with Crippen molar-refractivity contribution in [2.24, 2.45) is 5.92 Å². The smallest absolute Gasteiger partial charge is 0.306 e. The number of aliphatic carboxylic acids is 1. The van der Waals surface area contributed by atoms with Crippen molar-refractivity contribution in [1.82, 2.24) is 0 Å². The molecule has 0 aliphatic carbocycles. The van der Waals surface area contributed by atoms with Gasteiger partial charge in [-0.05, 0) is 18.6 Å². The molecule has 1 aromatic rings. The third-order valence-electron chi connectivity index (χ3n) is 2.44. The number of halogens is 1. The first-order valence-electron chi connectivity index (χ1n) is 5.21.